The van der Waals surface area contributed by atoms with Gasteiger partial charge in [0, 0.05) is 20.4 Å². The second-order valence-corrected chi connectivity index (χ2v) is 6.95. The third kappa shape index (κ3) is 4.01. The van der Waals surface area contributed by atoms with E-state index < -0.39 is 0 Å². The van der Waals surface area contributed by atoms with E-state index in [0.717, 1.165) is 15.7 Å². The van der Waals surface area contributed by atoms with Crippen LogP contribution in [-0.4, -0.2) is 10.7 Å². The van der Waals surface area contributed by atoms with Crippen molar-refractivity contribution in [1.29, 1.82) is 5.26 Å². The summed E-state index contributed by atoms with van der Waals surface area (Å²) in [4.78, 5) is 4.50. The zero-order valence-electron chi connectivity index (χ0n) is 12.2. The van der Waals surface area contributed by atoms with Crippen molar-refractivity contribution in [3.05, 3.63) is 68.4 Å². The molecule has 0 aliphatic rings. The van der Waals surface area contributed by atoms with Crippen LogP contribution in [0.15, 0.2) is 63.5 Å². The molecule has 0 radical (unpaired) electrons. The van der Waals surface area contributed by atoms with Gasteiger partial charge in [0.25, 0.3) is 0 Å². The highest BCUT2D eigenvalue weighted by Crippen LogP contribution is 2.24. The van der Waals surface area contributed by atoms with Crippen molar-refractivity contribution in [1.82, 2.24) is 4.98 Å². The Morgan fingerprint density at radius 2 is 2.04 bits per heavy atom. The van der Waals surface area contributed by atoms with Gasteiger partial charge in [0.1, 0.15) is 6.07 Å². The van der Waals surface area contributed by atoms with E-state index in [2.05, 4.69) is 37.5 Å². The second kappa shape index (κ2) is 7.58. The largest absolute Gasteiger partial charge is 0.277 e. The number of hydrogen-bond acceptors (Lipinski definition) is 5. The van der Waals surface area contributed by atoms with Crippen molar-refractivity contribution in [2.75, 3.05) is 5.43 Å². The molecule has 0 aliphatic carbocycles. The van der Waals surface area contributed by atoms with E-state index in [-0.39, 0.29) is 5.71 Å². The number of anilines is 1. The van der Waals surface area contributed by atoms with E-state index >= 15 is 0 Å². The first-order valence-electron chi connectivity index (χ1n) is 6.87. The van der Waals surface area contributed by atoms with E-state index in [0.29, 0.717) is 15.7 Å². The Hall–Kier alpha value is -2.20. The average molecular weight is 418 g/mol. The normalized spacial score (nSPS) is 11.1. The molecule has 0 amide bonds. The van der Waals surface area contributed by atoms with Gasteiger partial charge in [-0.2, -0.15) is 10.4 Å². The van der Waals surface area contributed by atoms with Crippen LogP contribution in [0, 0.1) is 11.3 Å². The highest BCUT2D eigenvalue weighted by Gasteiger charge is 2.10. The lowest BCUT2D eigenvalue weighted by Gasteiger charge is -2.00. The standard InChI is InChI=1S/C17H10BrClN4S/c18-12-6-4-11(5-7-12)16-10-24-17(21-16)15(9-20)23-22-14-3-1-2-13(19)8-14/h1-8,10,22H/b23-15-. The maximum absolute atomic E-state index is 9.34. The SMILES string of the molecule is N#C/C(=N/Nc1cccc(Cl)c1)c1nc(-c2ccc(Br)cc2)cs1. The Kier molecular flexibility index (Phi) is 5.26. The molecule has 1 N–H and O–H groups in total. The first kappa shape index (κ1) is 16.7. The zero-order valence-corrected chi connectivity index (χ0v) is 15.4. The average Bonchev–Trinajstić information content (AvgIpc) is 3.06. The van der Waals surface area contributed by atoms with E-state index in [1.807, 2.05) is 35.7 Å². The van der Waals surface area contributed by atoms with Crippen LogP contribution in [0.25, 0.3) is 11.3 Å². The number of hydrogen-bond donors (Lipinski definition) is 1. The van der Waals surface area contributed by atoms with Crippen molar-refractivity contribution in [2.45, 2.75) is 0 Å². The Balaban J connectivity index is 1.82. The van der Waals surface area contributed by atoms with Crippen molar-refractivity contribution >= 4 is 50.3 Å². The molecular formula is C17H10BrClN4S. The molecule has 0 saturated carbocycles. The monoisotopic (exact) mass is 416 g/mol. The second-order valence-electron chi connectivity index (χ2n) is 4.74. The number of nitrogens with zero attached hydrogens (tertiary/aromatic N) is 3. The third-order valence-electron chi connectivity index (χ3n) is 3.07. The lowest BCUT2D eigenvalue weighted by atomic mass is 10.2. The molecule has 7 heteroatoms. The van der Waals surface area contributed by atoms with Gasteiger partial charge in [0.2, 0.25) is 0 Å². The van der Waals surface area contributed by atoms with Crippen molar-refractivity contribution in [3.63, 3.8) is 0 Å². The molecule has 4 nitrogen and oxygen atoms in total. The smallest absolute Gasteiger partial charge is 0.196 e. The predicted octanol–water partition coefficient (Wildman–Crippen LogP) is 5.57. The minimum Gasteiger partial charge on any atom is -0.277 e. The van der Waals surface area contributed by atoms with Gasteiger partial charge in [0.05, 0.1) is 11.4 Å². The lowest BCUT2D eigenvalue weighted by molar-refractivity contribution is 1.31. The molecule has 3 rings (SSSR count). The van der Waals surface area contributed by atoms with Crippen molar-refractivity contribution in [3.8, 4) is 17.3 Å². The highest BCUT2D eigenvalue weighted by molar-refractivity contribution is 9.10. The summed E-state index contributed by atoms with van der Waals surface area (Å²) in [5, 5.41) is 16.5. The number of rotatable bonds is 4. The predicted molar refractivity (Wildman–Crippen MR) is 102 cm³/mol. The van der Waals surface area contributed by atoms with E-state index in [1.54, 1.807) is 18.2 Å². The molecule has 118 valence electrons. The number of aromatic nitrogens is 1. The molecule has 0 aliphatic heterocycles. The van der Waals surface area contributed by atoms with Gasteiger partial charge in [0.15, 0.2) is 10.7 Å². The number of hydrazone groups is 1. The topological polar surface area (TPSA) is 61.1 Å². The summed E-state index contributed by atoms with van der Waals surface area (Å²) in [6.45, 7) is 0. The summed E-state index contributed by atoms with van der Waals surface area (Å²) in [5.41, 5.74) is 5.57. The Morgan fingerprint density at radius 1 is 1.25 bits per heavy atom. The fraction of sp³-hybridized carbons (Fsp3) is 0. The van der Waals surface area contributed by atoms with Crippen molar-refractivity contribution < 1.29 is 0 Å². The van der Waals surface area contributed by atoms with Gasteiger partial charge in [-0.25, -0.2) is 4.98 Å². The van der Waals surface area contributed by atoms with Crippen LogP contribution in [0.5, 0.6) is 0 Å². The first-order valence-corrected chi connectivity index (χ1v) is 8.92. The number of nitriles is 1. The minimum atomic E-state index is 0.225. The number of thiazole rings is 1. The van der Waals surface area contributed by atoms with Crippen LogP contribution >= 0.6 is 38.9 Å². The maximum Gasteiger partial charge on any atom is 0.196 e. The summed E-state index contributed by atoms with van der Waals surface area (Å²) in [6.07, 6.45) is 0. The maximum atomic E-state index is 9.34. The van der Waals surface area contributed by atoms with Gasteiger partial charge in [-0.3, -0.25) is 5.43 Å². The van der Waals surface area contributed by atoms with Gasteiger partial charge in [-0.05, 0) is 30.3 Å². The van der Waals surface area contributed by atoms with Crippen molar-refractivity contribution in [2.24, 2.45) is 5.10 Å². The third-order valence-corrected chi connectivity index (χ3v) is 4.69. The molecule has 1 heterocycles. The molecule has 3 aromatic rings. The van der Waals surface area contributed by atoms with Crippen LogP contribution in [0.3, 0.4) is 0 Å². The van der Waals surface area contributed by atoms with E-state index in [9.17, 15) is 5.26 Å². The van der Waals surface area contributed by atoms with Gasteiger partial charge < -0.3 is 0 Å². The summed E-state index contributed by atoms with van der Waals surface area (Å²) in [6, 6.07) is 17.0. The molecule has 0 atom stereocenters. The molecular weight excluding hydrogens is 408 g/mol. The lowest BCUT2D eigenvalue weighted by Crippen LogP contribution is -2.01. The molecule has 0 saturated heterocycles. The van der Waals surface area contributed by atoms with Gasteiger partial charge in [-0.15, -0.1) is 11.3 Å². The summed E-state index contributed by atoms with van der Waals surface area (Å²) in [5.74, 6) is 0. The molecule has 0 spiro atoms. The quantitative estimate of drug-likeness (QED) is 0.446. The molecule has 0 unspecified atom stereocenters. The summed E-state index contributed by atoms with van der Waals surface area (Å²) in [7, 11) is 0. The van der Waals surface area contributed by atoms with Crippen LogP contribution in [0.4, 0.5) is 5.69 Å². The van der Waals surface area contributed by atoms with Crippen LogP contribution in [0.2, 0.25) is 5.02 Å². The fourth-order valence-corrected chi connectivity index (χ4v) is 3.16. The molecule has 24 heavy (non-hydrogen) atoms. The van der Waals surface area contributed by atoms with Crippen LogP contribution in [-0.2, 0) is 0 Å². The highest BCUT2D eigenvalue weighted by atomic mass is 79.9. The minimum absolute atomic E-state index is 0.225. The van der Waals surface area contributed by atoms with E-state index in [4.69, 9.17) is 11.6 Å². The van der Waals surface area contributed by atoms with Gasteiger partial charge in [-0.1, -0.05) is 45.7 Å². The Morgan fingerprint density at radius 3 is 2.75 bits per heavy atom. The molecule has 0 fully saturated rings. The van der Waals surface area contributed by atoms with Crippen LogP contribution in [0.1, 0.15) is 5.01 Å². The zero-order chi connectivity index (χ0) is 16.9. The number of nitrogens with one attached hydrogen (secondary N) is 1. The number of benzene rings is 2. The molecule has 2 aromatic carbocycles. The Bertz CT molecular complexity index is 928. The van der Waals surface area contributed by atoms with E-state index in [1.165, 1.54) is 11.3 Å². The van der Waals surface area contributed by atoms with Gasteiger partial charge >= 0.3 is 0 Å². The fourth-order valence-electron chi connectivity index (χ4n) is 1.93. The molecule has 1 aromatic heterocycles. The molecule has 0 bridgehead atoms. The summed E-state index contributed by atoms with van der Waals surface area (Å²) >= 11 is 10.7. The van der Waals surface area contributed by atoms with Crippen LogP contribution < -0.4 is 5.43 Å². The summed E-state index contributed by atoms with van der Waals surface area (Å²) < 4.78 is 1.01. The number of halogens is 2. The first-order chi connectivity index (χ1) is 11.7. The Labute approximate surface area is 156 Å².